The van der Waals surface area contributed by atoms with Crippen LogP contribution in [-0.2, 0) is 6.18 Å². The van der Waals surface area contributed by atoms with Gasteiger partial charge in [-0.3, -0.25) is 4.79 Å². The van der Waals surface area contributed by atoms with Crippen LogP contribution < -0.4 is 16.4 Å². The van der Waals surface area contributed by atoms with Crippen molar-refractivity contribution in [1.29, 1.82) is 0 Å². The number of hydrogen-bond acceptors (Lipinski definition) is 4. The summed E-state index contributed by atoms with van der Waals surface area (Å²) in [5.41, 5.74) is 4.67. The lowest BCUT2D eigenvalue weighted by Crippen LogP contribution is -2.19. The molecule has 0 aliphatic heterocycles. The molecule has 0 bridgehead atoms. The number of nitrogens with zero attached hydrogens (tertiary/aromatic N) is 1. The number of pyridine rings is 1. The first kappa shape index (κ1) is 15.6. The van der Waals surface area contributed by atoms with Crippen LogP contribution in [0.1, 0.15) is 15.9 Å². The lowest BCUT2D eigenvalue weighted by atomic mass is 10.1. The number of carbonyl (C=O) groups is 1. The van der Waals surface area contributed by atoms with Crippen molar-refractivity contribution >= 4 is 23.1 Å². The fourth-order valence-electron chi connectivity index (χ4n) is 1.87. The Morgan fingerprint density at radius 2 is 1.91 bits per heavy atom. The van der Waals surface area contributed by atoms with Gasteiger partial charge in [0.15, 0.2) is 0 Å². The maximum atomic E-state index is 13.0. The summed E-state index contributed by atoms with van der Waals surface area (Å²) in [5, 5.41) is 5.03. The Bertz CT molecular complexity index is 701. The number of carbonyl (C=O) groups excluding carboxylic acids is 1. The van der Waals surface area contributed by atoms with Gasteiger partial charge in [-0.2, -0.15) is 13.2 Å². The number of amides is 1. The number of nitrogens with two attached hydrogens (primary N) is 1. The number of nitrogen functional groups attached to an aromatic ring is 1. The van der Waals surface area contributed by atoms with Crippen LogP contribution in [0, 0.1) is 0 Å². The van der Waals surface area contributed by atoms with Gasteiger partial charge >= 0.3 is 6.18 Å². The van der Waals surface area contributed by atoms with E-state index in [2.05, 4.69) is 15.6 Å². The van der Waals surface area contributed by atoms with E-state index in [1.807, 2.05) is 0 Å². The molecule has 0 radical (unpaired) electrons. The molecule has 2 aromatic rings. The molecule has 0 fully saturated rings. The van der Waals surface area contributed by atoms with Crippen LogP contribution in [0.4, 0.5) is 30.4 Å². The highest BCUT2D eigenvalue weighted by molar-refractivity contribution is 6.00. The summed E-state index contributed by atoms with van der Waals surface area (Å²) in [4.78, 5) is 15.2. The van der Waals surface area contributed by atoms with E-state index < -0.39 is 17.6 Å². The highest BCUT2D eigenvalue weighted by atomic mass is 19.4. The number of para-hydroxylation sites is 1. The Labute approximate surface area is 124 Å². The van der Waals surface area contributed by atoms with Gasteiger partial charge in [-0.15, -0.1) is 0 Å². The van der Waals surface area contributed by atoms with E-state index in [0.29, 0.717) is 6.20 Å². The van der Waals surface area contributed by atoms with E-state index in [0.717, 1.165) is 6.07 Å². The molecule has 0 aliphatic carbocycles. The van der Waals surface area contributed by atoms with Crippen molar-refractivity contribution in [2.45, 2.75) is 6.18 Å². The quantitative estimate of drug-likeness (QED) is 0.814. The van der Waals surface area contributed by atoms with Crippen molar-refractivity contribution in [3.63, 3.8) is 0 Å². The van der Waals surface area contributed by atoms with Crippen LogP contribution in [0.3, 0.4) is 0 Å². The van der Waals surface area contributed by atoms with Crippen LogP contribution in [0.25, 0.3) is 0 Å². The Morgan fingerprint density at radius 3 is 2.55 bits per heavy atom. The maximum absolute atomic E-state index is 13.0. The SMILES string of the molecule is CNC(=O)c1ccccc1Nc1cc(N)ncc1C(F)(F)F. The normalized spacial score (nSPS) is 11.1. The molecule has 0 aliphatic rings. The molecule has 1 aromatic carbocycles. The lowest BCUT2D eigenvalue weighted by molar-refractivity contribution is -0.137. The van der Waals surface area contributed by atoms with E-state index in [1.165, 1.54) is 19.2 Å². The third-order valence-corrected chi connectivity index (χ3v) is 2.90. The predicted molar refractivity (Wildman–Crippen MR) is 76.8 cm³/mol. The van der Waals surface area contributed by atoms with Gasteiger partial charge in [-0.25, -0.2) is 4.98 Å². The average molecular weight is 310 g/mol. The summed E-state index contributed by atoms with van der Waals surface area (Å²) < 4.78 is 39.0. The van der Waals surface area contributed by atoms with Gasteiger partial charge in [0, 0.05) is 19.3 Å². The van der Waals surface area contributed by atoms with Crippen LogP contribution in [0.5, 0.6) is 0 Å². The van der Waals surface area contributed by atoms with Crippen molar-refractivity contribution in [2.75, 3.05) is 18.1 Å². The van der Waals surface area contributed by atoms with Crippen molar-refractivity contribution in [1.82, 2.24) is 10.3 Å². The lowest BCUT2D eigenvalue weighted by Gasteiger charge is -2.16. The Hall–Kier alpha value is -2.77. The van der Waals surface area contributed by atoms with Crippen molar-refractivity contribution in [3.8, 4) is 0 Å². The first-order valence-electron chi connectivity index (χ1n) is 6.23. The fourth-order valence-corrected chi connectivity index (χ4v) is 1.87. The zero-order chi connectivity index (χ0) is 16.3. The molecular formula is C14H13F3N4O. The molecule has 116 valence electrons. The smallest absolute Gasteiger partial charge is 0.384 e. The highest BCUT2D eigenvalue weighted by Crippen LogP contribution is 2.36. The van der Waals surface area contributed by atoms with Crippen molar-refractivity contribution in [3.05, 3.63) is 47.7 Å². The molecule has 5 nitrogen and oxygen atoms in total. The average Bonchev–Trinajstić information content (AvgIpc) is 2.46. The number of hydrogen-bond donors (Lipinski definition) is 3. The van der Waals surface area contributed by atoms with E-state index in [1.54, 1.807) is 12.1 Å². The minimum atomic E-state index is -4.59. The topological polar surface area (TPSA) is 80.0 Å². The largest absolute Gasteiger partial charge is 0.419 e. The third kappa shape index (κ3) is 3.27. The predicted octanol–water partition coefficient (Wildman–Crippen LogP) is 2.79. The summed E-state index contributed by atoms with van der Waals surface area (Å²) >= 11 is 0. The second kappa shape index (κ2) is 5.92. The first-order valence-corrected chi connectivity index (χ1v) is 6.23. The van der Waals surface area contributed by atoms with Crippen LogP contribution in [-0.4, -0.2) is 17.9 Å². The maximum Gasteiger partial charge on any atom is 0.419 e. The van der Waals surface area contributed by atoms with Gasteiger partial charge in [0.2, 0.25) is 0 Å². The standard InChI is InChI=1S/C14H13F3N4O/c1-19-13(22)8-4-2-3-5-10(8)21-11-6-12(18)20-7-9(11)14(15,16)17/h2-7H,1H3,(H,19,22)(H3,18,20,21). The van der Waals surface area contributed by atoms with Gasteiger partial charge in [0.25, 0.3) is 5.91 Å². The van der Waals surface area contributed by atoms with Crippen molar-refractivity contribution < 1.29 is 18.0 Å². The van der Waals surface area contributed by atoms with Crippen molar-refractivity contribution in [2.24, 2.45) is 0 Å². The monoisotopic (exact) mass is 310 g/mol. The van der Waals surface area contributed by atoms with Gasteiger partial charge in [0.05, 0.1) is 22.5 Å². The van der Waals surface area contributed by atoms with E-state index in [4.69, 9.17) is 5.73 Å². The Kier molecular flexibility index (Phi) is 4.20. The molecule has 0 spiro atoms. The third-order valence-electron chi connectivity index (χ3n) is 2.90. The number of rotatable bonds is 3. The highest BCUT2D eigenvalue weighted by Gasteiger charge is 2.34. The minimum absolute atomic E-state index is 0.0621. The van der Waals surface area contributed by atoms with Crippen LogP contribution >= 0.6 is 0 Å². The molecule has 0 saturated carbocycles. The molecule has 1 aromatic heterocycles. The van der Waals surface area contributed by atoms with Gasteiger partial charge in [-0.05, 0) is 12.1 Å². The number of anilines is 3. The second-order valence-electron chi connectivity index (χ2n) is 4.40. The summed E-state index contributed by atoms with van der Waals surface area (Å²) in [5.74, 6) is -0.480. The van der Waals surface area contributed by atoms with Gasteiger partial charge in [-0.1, -0.05) is 12.1 Å². The fraction of sp³-hybridized carbons (Fsp3) is 0.143. The molecule has 0 saturated heterocycles. The molecule has 1 amide bonds. The van der Waals surface area contributed by atoms with E-state index >= 15 is 0 Å². The van der Waals surface area contributed by atoms with Crippen LogP contribution in [0.2, 0.25) is 0 Å². The molecule has 2 rings (SSSR count). The molecule has 4 N–H and O–H groups in total. The first-order chi connectivity index (χ1) is 10.3. The van der Waals surface area contributed by atoms with Crippen LogP contribution in [0.15, 0.2) is 36.5 Å². The molecular weight excluding hydrogens is 297 g/mol. The van der Waals surface area contributed by atoms with Gasteiger partial charge < -0.3 is 16.4 Å². The summed E-state index contributed by atoms with van der Waals surface area (Å²) in [6, 6.07) is 7.29. The molecule has 8 heteroatoms. The Balaban J connectivity index is 2.48. The van der Waals surface area contributed by atoms with E-state index in [9.17, 15) is 18.0 Å². The number of aromatic nitrogens is 1. The zero-order valence-electron chi connectivity index (χ0n) is 11.5. The number of halogens is 3. The molecule has 22 heavy (non-hydrogen) atoms. The summed E-state index contributed by atoms with van der Waals surface area (Å²) in [7, 11) is 1.44. The molecule has 1 heterocycles. The molecule has 0 unspecified atom stereocenters. The van der Waals surface area contributed by atoms with Gasteiger partial charge in [0.1, 0.15) is 5.82 Å². The minimum Gasteiger partial charge on any atom is -0.384 e. The summed E-state index contributed by atoms with van der Waals surface area (Å²) in [6.45, 7) is 0. The number of benzene rings is 1. The van der Waals surface area contributed by atoms with E-state index in [-0.39, 0.29) is 22.8 Å². The number of nitrogens with one attached hydrogen (secondary N) is 2. The summed E-state index contributed by atoms with van der Waals surface area (Å²) in [6.07, 6.45) is -3.94. The zero-order valence-corrected chi connectivity index (χ0v) is 11.5. The molecule has 0 atom stereocenters. The number of alkyl halides is 3. The second-order valence-corrected chi connectivity index (χ2v) is 4.40. The Morgan fingerprint density at radius 1 is 1.23 bits per heavy atom.